The van der Waals surface area contributed by atoms with Crippen molar-refractivity contribution >= 4 is 6.29 Å². The van der Waals surface area contributed by atoms with Gasteiger partial charge in [0.2, 0.25) is 0 Å². The van der Waals surface area contributed by atoms with E-state index in [0.29, 0.717) is 0 Å². The van der Waals surface area contributed by atoms with Gasteiger partial charge in [0.05, 0.1) is 0 Å². The Kier molecular flexibility index (Phi) is 5.29. The fraction of sp³-hybridized carbons (Fsp3) is 0. The first-order valence-corrected chi connectivity index (χ1v) is 2.84. The molecular formula is C7H6N3O-. The minimum absolute atomic E-state index is 0.729. The molecule has 56 valence electrons. The molecule has 0 bridgehead atoms. The van der Waals surface area contributed by atoms with Crippen LogP contribution in [0.3, 0.4) is 0 Å². The number of rotatable bonds is 1. The SMILES string of the molecule is O=Cc1ccccc1.[N-]=[N+]=[N-]. The molecule has 1 aromatic carbocycles. The van der Waals surface area contributed by atoms with Crippen molar-refractivity contribution in [3.05, 3.63) is 51.9 Å². The van der Waals surface area contributed by atoms with Crippen molar-refractivity contribution in [1.29, 1.82) is 0 Å². The van der Waals surface area contributed by atoms with E-state index in [4.69, 9.17) is 11.1 Å². The lowest BCUT2D eigenvalue weighted by Gasteiger charge is -1.81. The van der Waals surface area contributed by atoms with Gasteiger partial charge in [0, 0.05) is 5.56 Å². The minimum atomic E-state index is 0.729. The molecule has 0 saturated carbocycles. The van der Waals surface area contributed by atoms with Gasteiger partial charge in [0.25, 0.3) is 0 Å². The first kappa shape index (κ1) is 9.20. The van der Waals surface area contributed by atoms with E-state index >= 15 is 0 Å². The number of hydrogen-bond acceptors (Lipinski definition) is 1. The van der Waals surface area contributed by atoms with Crippen molar-refractivity contribution < 1.29 is 4.79 Å². The van der Waals surface area contributed by atoms with Crippen LogP contribution in [0.4, 0.5) is 0 Å². The van der Waals surface area contributed by atoms with Gasteiger partial charge < -0.3 is 11.1 Å². The zero-order valence-corrected chi connectivity index (χ0v) is 5.71. The average molecular weight is 148 g/mol. The van der Waals surface area contributed by atoms with Gasteiger partial charge in [0.15, 0.2) is 0 Å². The van der Waals surface area contributed by atoms with Crippen molar-refractivity contribution in [1.82, 2.24) is 0 Å². The summed E-state index contributed by atoms with van der Waals surface area (Å²) in [6.07, 6.45) is 0.833. The third-order valence-electron chi connectivity index (χ3n) is 0.936. The molecule has 0 N–H and O–H groups in total. The molecule has 11 heavy (non-hydrogen) atoms. The summed E-state index contributed by atoms with van der Waals surface area (Å²) in [6.45, 7) is 0. The van der Waals surface area contributed by atoms with E-state index in [2.05, 4.69) is 0 Å². The molecule has 0 heterocycles. The van der Waals surface area contributed by atoms with Crippen LogP contribution in [0.1, 0.15) is 10.4 Å². The molecule has 0 amide bonds. The van der Waals surface area contributed by atoms with Crippen LogP contribution < -0.4 is 0 Å². The Morgan fingerprint density at radius 3 is 1.91 bits per heavy atom. The first-order chi connectivity index (χ1) is 5.35. The zero-order chi connectivity index (χ0) is 8.53. The van der Waals surface area contributed by atoms with E-state index in [0.717, 1.165) is 11.8 Å². The Bertz CT molecular complexity index is 239. The smallest absolute Gasteiger partial charge is 0.150 e. The fourth-order valence-electron chi connectivity index (χ4n) is 0.532. The topological polar surface area (TPSA) is 75.8 Å². The maximum Gasteiger partial charge on any atom is 0.150 e. The highest BCUT2D eigenvalue weighted by atomic mass is 16.1. The van der Waals surface area contributed by atoms with Crippen LogP contribution in [0.5, 0.6) is 0 Å². The summed E-state index contributed by atoms with van der Waals surface area (Å²) in [6, 6.07) is 9.10. The molecule has 0 unspecified atom stereocenters. The van der Waals surface area contributed by atoms with E-state index in [1.807, 2.05) is 18.2 Å². The van der Waals surface area contributed by atoms with Crippen LogP contribution in [0, 0.1) is 0 Å². The summed E-state index contributed by atoms with van der Waals surface area (Å²) in [5.74, 6) is 0. The zero-order valence-electron chi connectivity index (χ0n) is 5.71. The summed E-state index contributed by atoms with van der Waals surface area (Å²) < 4.78 is 0. The molecule has 0 fully saturated rings. The van der Waals surface area contributed by atoms with Crippen LogP contribution in [0.15, 0.2) is 30.3 Å². The number of aldehydes is 1. The van der Waals surface area contributed by atoms with Crippen LogP contribution in [0.2, 0.25) is 0 Å². The number of benzene rings is 1. The molecular weight excluding hydrogens is 142 g/mol. The lowest BCUT2D eigenvalue weighted by molar-refractivity contribution is 0.112. The van der Waals surface area contributed by atoms with Crippen LogP contribution >= 0.6 is 0 Å². The first-order valence-electron chi connectivity index (χ1n) is 2.84. The minimum Gasteiger partial charge on any atom is -0.373 e. The highest BCUT2D eigenvalue weighted by Crippen LogP contribution is 1.91. The van der Waals surface area contributed by atoms with Crippen molar-refractivity contribution in [3.63, 3.8) is 0 Å². The van der Waals surface area contributed by atoms with Crippen LogP contribution in [-0.4, -0.2) is 6.29 Å². The Morgan fingerprint density at radius 2 is 1.64 bits per heavy atom. The molecule has 0 saturated heterocycles. The van der Waals surface area contributed by atoms with Gasteiger partial charge in [-0.15, -0.1) is 0 Å². The third kappa shape index (κ3) is 4.69. The highest BCUT2D eigenvalue weighted by Gasteiger charge is 1.79. The van der Waals surface area contributed by atoms with Gasteiger partial charge in [-0.2, -0.15) is 0 Å². The van der Waals surface area contributed by atoms with Gasteiger partial charge >= 0.3 is 0 Å². The summed E-state index contributed by atoms with van der Waals surface area (Å²) in [7, 11) is 0. The van der Waals surface area contributed by atoms with E-state index in [-0.39, 0.29) is 0 Å². The van der Waals surface area contributed by atoms with E-state index in [1.165, 1.54) is 4.91 Å². The largest absolute Gasteiger partial charge is 0.373 e. The fourth-order valence-corrected chi connectivity index (χ4v) is 0.532. The van der Waals surface area contributed by atoms with Gasteiger partial charge in [-0.25, -0.2) is 0 Å². The molecule has 1 aromatic rings. The van der Waals surface area contributed by atoms with E-state index < -0.39 is 0 Å². The predicted octanol–water partition coefficient (Wildman–Crippen LogP) is 2.37. The Morgan fingerprint density at radius 1 is 1.18 bits per heavy atom. The van der Waals surface area contributed by atoms with Crippen molar-refractivity contribution in [2.45, 2.75) is 0 Å². The summed E-state index contributed by atoms with van der Waals surface area (Å²) in [5, 5.41) is 0. The van der Waals surface area contributed by atoms with Crippen LogP contribution in [0.25, 0.3) is 16.0 Å². The lowest BCUT2D eigenvalue weighted by Crippen LogP contribution is -1.73. The summed E-state index contributed by atoms with van der Waals surface area (Å²) in [5.41, 5.74) is 14.2. The molecule has 0 aliphatic carbocycles. The second-order valence-electron chi connectivity index (χ2n) is 1.62. The quantitative estimate of drug-likeness (QED) is 0.260. The second-order valence-corrected chi connectivity index (χ2v) is 1.62. The maximum atomic E-state index is 10.0. The normalized spacial score (nSPS) is 6.91. The van der Waals surface area contributed by atoms with E-state index in [1.54, 1.807) is 12.1 Å². The molecule has 1 rings (SSSR count). The molecule has 0 aliphatic rings. The molecule has 0 aliphatic heterocycles. The molecule has 4 heteroatoms. The van der Waals surface area contributed by atoms with Gasteiger partial charge in [-0.1, -0.05) is 30.3 Å². The third-order valence-corrected chi connectivity index (χ3v) is 0.936. The van der Waals surface area contributed by atoms with Crippen molar-refractivity contribution in [3.8, 4) is 0 Å². The van der Waals surface area contributed by atoms with Crippen molar-refractivity contribution in [2.24, 2.45) is 0 Å². The maximum absolute atomic E-state index is 10.0. The number of carbonyl (C=O) groups excluding carboxylic acids is 1. The molecule has 0 aromatic heterocycles. The number of nitrogens with zero attached hydrogens (tertiary/aromatic N) is 3. The summed E-state index contributed by atoms with van der Waals surface area (Å²) >= 11 is 0. The Balaban J connectivity index is 0.000000292. The predicted molar refractivity (Wildman–Crippen MR) is 41.9 cm³/mol. The van der Waals surface area contributed by atoms with Gasteiger partial charge in [-0.3, -0.25) is 9.71 Å². The molecule has 4 nitrogen and oxygen atoms in total. The molecule has 0 atom stereocenters. The summed E-state index contributed by atoms with van der Waals surface area (Å²) in [4.78, 5) is 11.5. The van der Waals surface area contributed by atoms with Crippen LogP contribution in [-0.2, 0) is 0 Å². The second kappa shape index (κ2) is 6.32. The molecule has 0 radical (unpaired) electrons. The van der Waals surface area contributed by atoms with E-state index in [9.17, 15) is 4.79 Å². The average Bonchev–Trinajstić information content (AvgIpc) is 2.08. The Labute approximate surface area is 63.9 Å². The number of hydrogen-bond donors (Lipinski definition) is 0. The monoisotopic (exact) mass is 148 g/mol. The van der Waals surface area contributed by atoms with Crippen molar-refractivity contribution in [2.75, 3.05) is 0 Å². The lowest BCUT2D eigenvalue weighted by atomic mass is 10.2. The van der Waals surface area contributed by atoms with Gasteiger partial charge in [0.1, 0.15) is 6.29 Å². The highest BCUT2D eigenvalue weighted by molar-refractivity contribution is 5.74. The Hall–Kier alpha value is -1.80. The van der Waals surface area contributed by atoms with Gasteiger partial charge in [-0.05, 0) is 0 Å². The molecule has 0 spiro atoms. The standard InChI is InChI=1S/C7H6O.N3/c8-6-7-4-2-1-3-5-7;1-3-2/h1-6H;/q;-1. The number of carbonyl (C=O) groups is 1.